The number of hydrogen-bond donors (Lipinski definition) is 1. The smallest absolute Gasteiger partial charge is 0.221 e. The minimum atomic E-state index is 0.118. The van der Waals surface area contributed by atoms with Crippen molar-refractivity contribution in [2.45, 2.75) is 39.2 Å². The van der Waals surface area contributed by atoms with Crippen LogP contribution in [0.1, 0.15) is 44.7 Å². The van der Waals surface area contributed by atoms with E-state index in [1.54, 1.807) is 0 Å². The summed E-state index contributed by atoms with van der Waals surface area (Å²) >= 11 is 3.31. The first kappa shape index (κ1) is 15.2. The van der Waals surface area contributed by atoms with Crippen LogP contribution in [0.3, 0.4) is 0 Å². The Balaban J connectivity index is 2.85. The lowest BCUT2D eigenvalue weighted by Crippen LogP contribution is -2.33. The molecule has 2 nitrogen and oxygen atoms in total. The average Bonchev–Trinajstić information content (AvgIpc) is 2.40. The molecule has 1 amide bonds. The van der Waals surface area contributed by atoms with Gasteiger partial charge in [-0.2, -0.15) is 0 Å². The summed E-state index contributed by atoms with van der Waals surface area (Å²) in [5.74, 6) is 0.610. The van der Waals surface area contributed by atoms with E-state index < -0.39 is 0 Å². The van der Waals surface area contributed by atoms with Crippen molar-refractivity contribution in [2.75, 3.05) is 5.33 Å². The zero-order chi connectivity index (χ0) is 13.4. The number of alkyl halides is 1. The number of halogens is 1. The van der Waals surface area contributed by atoms with E-state index in [2.05, 4.69) is 47.2 Å². The van der Waals surface area contributed by atoms with Crippen LogP contribution in [0.4, 0.5) is 0 Å². The fraction of sp³-hybridized carbons (Fsp3) is 0.533. The van der Waals surface area contributed by atoms with Crippen LogP contribution < -0.4 is 5.32 Å². The Morgan fingerprint density at radius 2 is 1.83 bits per heavy atom. The van der Waals surface area contributed by atoms with E-state index in [0.29, 0.717) is 17.7 Å². The number of carbonyl (C=O) groups is 1. The Labute approximate surface area is 118 Å². The minimum absolute atomic E-state index is 0.118. The highest BCUT2D eigenvalue weighted by Gasteiger charge is 2.21. The van der Waals surface area contributed by atoms with Gasteiger partial charge in [0.25, 0.3) is 0 Å². The molecular formula is C15H22BrNO. The maximum atomic E-state index is 11.8. The van der Waals surface area contributed by atoms with Gasteiger partial charge in [-0.1, -0.05) is 73.0 Å². The molecule has 0 saturated heterocycles. The molecule has 1 N–H and O–H groups in total. The van der Waals surface area contributed by atoms with Crippen molar-refractivity contribution >= 4 is 21.8 Å². The highest BCUT2D eigenvalue weighted by atomic mass is 79.9. The van der Waals surface area contributed by atoms with Gasteiger partial charge in [-0.05, 0) is 11.5 Å². The third-order valence-corrected chi connectivity index (χ3v) is 3.71. The zero-order valence-electron chi connectivity index (χ0n) is 11.2. The van der Waals surface area contributed by atoms with Gasteiger partial charge >= 0.3 is 0 Å². The molecule has 1 rings (SSSR count). The Morgan fingerprint density at radius 3 is 2.33 bits per heavy atom. The van der Waals surface area contributed by atoms with Crippen molar-refractivity contribution in [3.63, 3.8) is 0 Å². The summed E-state index contributed by atoms with van der Waals surface area (Å²) in [6, 6.07) is 10.4. The zero-order valence-corrected chi connectivity index (χ0v) is 12.7. The van der Waals surface area contributed by atoms with Crippen LogP contribution in [0.15, 0.2) is 30.3 Å². The van der Waals surface area contributed by atoms with E-state index in [0.717, 1.165) is 12.8 Å². The molecule has 0 aliphatic rings. The quantitative estimate of drug-likeness (QED) is 0.756. The second-order valence-electron chi connectivity index (χ2n) is 4.47. The monoisotopic (exact) mass is 311 g/mol. The first-order chi connectivity index (χ1) is 8.72. The molecule has 1 aromatic carbocycles. The normalized spacial score (nSPS) is 12.4. The molecule has 3 heteroatoms. The second kappa shape index (κ2) is 8.30. The summed E-state index contributed by atoms with van der Waals surface area (Å²) < 4.78 is 0. The number of carbonyl (C=O) groups excluding carboxylic acids is 1. The Morgan fingerprint density at radius 1 is 1.22 bits per heavy atom. The molecule has 100 valence electrons. The first-order valence-corrected chi connectivity index (χ1v) is 7.75. The van der Waals surface area contributed by atoms with Gasteiger partial charge in [-0.15, -0.1) is 0 Å². The van der Waals surface area contributed by atoms with Gasteiger partial charge in [0.2, 0.25) is 5.91 Å². The molecule has 1 atom stereocenters. The van der Waals surface area contributed by atoms with Crippen LogP contribution in [-0.4, -0.2) is 11.2 Å². The number of rotatable bonds is 7. The summed E-state index contributed by atoms with van der Waals surface area (Å²) in [6.45, 7) is 4.36. The van der Waals surface area contributed by atoms with Gasteiger partial charge in [-0.25, -0.2) is 0 Å². The second-order valence-corrected chi connectivity index (χ2v) is 5.26. The molecule has 0 spiro atoms. The summed E-state index contributed by atoms with van der Waals surface area (Å²) in [4.78, 5) is 11.8. The number of nitrogens with one attached hydrogen (secondary N) is 1. The third kappa shape index (κ3) is 4.45. The minimum Gasteiger partial charge on any atom is -0.349 e. The Kier molecular flexibility index (Phi) is 7.02. The summed E-state index contributed by atoms with van der Waals surface area (Å²) in [5.41, 5.74) is 1.20. The molecule has 0 aliphatic carbocycles. The van der Waals surface area contributed by atoms with E-state index in [1.807, 2.05) is 18.2 Å². The van der Waals surface area contributed by atoms with Crippen molar-refractivity contribution in [1.82, 2.24) is 5.32 Å². The fourth-order valence-electron chi connectivity index (χ4n) is 2.23. The molecule has 0 fully saturated rings. The van der Waals surface area contributed by atoms with Crippen molar-refractivity contribution in [1.29, 1.82) is 0 Å². The maximum absolute atomic E-state index is 11.8. The number of hydrogen-bond acceptors (Lipinski definition) is 1. The van der Waals surface area contributed by atoms with Gasteiger partial charge in [0.1, 0.15) is 0 Å². The summed E-state index contributed by atoms with van der Waals surface area (Å²) in [5, 5.41) is 3.88. The molecule has 0 aliphatic heterocycles. The maximum Gasteiger partial charge on any atom is 0.221 e. The van der Waals surface area contributed by atoms with Gasteiger partial charge in [0, 0.05) is 11.8 Å². The van der Waals surface area contributed by atoms with E-state index in [1.165, 1.54) is 5.56 Å². The van der Waals surface area contributed by atoms with Crippen molar-refractivity contribution in [3.05, 3.63) is 35.9 Å². The van der Waals surface area contributed by atoms with Crippen molar-refractivity contribution in [2.24, 2.45) is 5.92 Å². The standard InChI is InChI=1S/C15H22BrNO/c1-3-12(4-2)15(17-14(18)10-11-16)13-8-6-5-7-9-13/h5-9,12,15H,3-4,10-11H2,1-2H3,(H,17,18). The van der Waals surface area contributed by atoms with Gasteiger partial charge < -0.3 is 5.32 Å². The summed E-state index contributed by atoms with van der Waals surface area (Å²) in [7, 11) is 0. The predicted octanol–water partition coefficient (Wildman–Crippen LogP) is 4.07. The average molecular weight is 312 g/mol. The molecule has 0 heterocycles. The van der Waals surface area contributed by atoms with E-state index in [-0.39, 0.29) is 11.9 Å². The third-order valence-electron chi connectivity index (χ3n) is 3.32. The Hall–Kier alpha value is -0.830. The van der Waals surface area contributed by atoms with E-state index in [9.17, 15) is 4.79 Å². The topological polar surface area (TPSA) is 29.1 Å². The number of amides is 1. The molecule has 0 radical (unpaired) electrons. The molecule has 0 aromatic heterocycles. The first-order valence-electron chi connectivity index (χ1n) is 6.63. The number of benzene rings is 1. The van der Waals surface area contributed by atoms with Gasteiger partial charge in [-0.3, -0.25) is 4.79 Å². The van der Waals surface area contributed by atoms with Crippen LogP contribution in [0.2, 0.25) is 0 Å². The van der Waals surface area contributed by atoms with Gasteiger partial charge in [0.05, 0.1) is 6.04 Å². The van der Waals surface area contributed by atoms with E-state index >= 15 is 0 Å². The highest BCUT2D eigenvalue weighted by molar-refractivity contribution is 9.09. The van der Waals surface area contributed by atoms with Crippen molar-refractivity contribution < 1.29 is 4.79 Å². The van der Waals surface area contributed by atoms with Crippen molar-refractivity contribution in [3.8, 4) is 0 Å². The van der Waals surface area contributed by atoms with Crippen LogP contribution in [-0.2, 0) is 4.79 Å². The Bertz CT molecular complexity index is 349. The lowest BCUT2D eigenvalue weighted by atomic mass is 9.88. The molecular weight excluding hydrogens is 290 g/mol. The van der Waals surface area contributed by atoms with Crippen LogP contribution in [0.5, 0.6) is 0 Å². The molecule has 1 unspecified atom stereocenters. The van der Waals surface area contributed by atoms with Crippen LogP contribution in [0, 0.1) is 5.92 Å². The summed E-state index contributed by atoms with van der Waals surface area (Å²) in [6.07, 6.45) is 2.68. The van der Waals surface area contributed by atoms with Crippen LogP contribution in [0.25, 0.3) is 0 Å². The van der Waals surface area contributed by atoms with Gasteiger partial charge in [0.15, 0.2) is 0 Å². The highest BCUT2D eigenvalue weighted by Crippen LogP contribution is 2.27. The van der Waals surface area contributed by atoms with E-state index in [4.69, 9.17) is 0 Å². The molecule has 1 aromatic rings. The molecule has 0 saturated carbocycles. The lowest BCUT2D eigenvalue weighted by Gasteiger charge is -2.27. The SMILES string of the molecule is CCC(CC)C(NC(=O)CCBr)c1ccccc1. The molecule has 0 bridgehead atoms. The fourth-order valence-corrected chi connectivity index (χ4v) is 2.59. The predicted molar refractivity (Wildman–Crippen MR) is 79.8 cm³/mol. The van der Waals surface area contributed by atoms with Crippen LogP contribution >= 0.6 is 15.9 Å². The molecule has 18 heavy (non-hydrogen) atoms. The largest absolute Gasteiger partial charge is 0.349 e. The lowest BCUT2D eigenvalue weighted by molar-refractivity contribution is -0.121.